The van der Waals surface area contributed by atoms with E-state index in [4.69, 9.17) is 22.3 Å². The van der Waals surface area contributed by atoms with Crippen LogP contribution in [0, 0.1) is 5.92 Å². The fourth-order valence-electron chi connectivity index (χ4n) is 2.12. The van der Waals surface area contributed by atoms with Crippen molar-refractivity contribution in [1.82, 2.24) is 5.32 Å². The van der Waals surface area contributed by atoms with Gasteiger partial charge in [0.1, 0.15) is 4.90 Å². The molecule has 0 spiro atoms. The third kappa shape index (κ3) is 4.58. The molecule has 1 unspecified atom stereocenters. The first-order valence-electron chi connectivity index (χ1n) is 6.43. The quantitative estimate of drug-likeness (QED) is 0.742. The first kappa shape index (κ1) is 17.1. The molecule has 2 rings (SSSR count). The number of halogens is 3. The molecule has 0 saturated heterocycles. The van der Waals surface area contributed by atoms with Crippen LogP contribution in [0.4, 0.5) is 0 Å². The van der Waals surface area contributed by atoms with Crippen LogP contribution in [0.3, 0.4) is 0 Å². The van der Waals surface area contributed by atoms with E-state index >= 15 is 0 Å². The standard InChI is InChI=1S/C13H14BrCl2NO3S/c1-7(4-8-2-3-8)17-13(18)10-5-9(14)6-11(12(10)15)21(16,19)20/h5-8H,2-4H2,1H3,(H,17,18). The van der Waals surface area contributed by atoms with Gasteiger partial charge in [0, 0.05) is 21.2 Å². The lowest BCUT2D eigenvalue weighted by molar-refractivity contribution is 0.0937. The molecule has 0 aromatic heterocycles. The molecule has 1 aromatic rings. The molecule has 116 valence electrons. The Morgan fingerprint density at radius 3 is 2.62 bits per heavy atom. The molecule has 1 amide bonds. The van der Waals surface area contributed by atoms with E-state index in [9.17, 15) is 13.2 Å². The van der Waals surface area contributed by atoms with Crippen molar-refractivity contribution < 1.29 is 13.2 Å². The average Bonchev–Trinajstić information content (AvgIpc) is 3.13. The predicted molar refractivity (Wildman–Crippen MR) is 86.5 cm³/mol. The van der Waals surface area contributed by atoms with E-state index < -0.39 is 15.0 Å². The smallest absolute Gasteiger partial charge is 0.262 e. The molecule has 0 radical (unpaired) electrons. The van der Waals surface area contributed by atoms with Crippen LogP contribution in [-0.4, -0.2) is 20.4 Å². The molecule has 8 heteroatoms. The number of hydrogen-bond donors (Lipinski definition) is 1. The second kappa shape index (κ2) is 6.44. The third-order valence-corrected chi connectivity index (χ3v) is 5.60. The average molecular weight is 415 g/mol. The second-order valence-corrected chi connectivity index (χ2v) is 9.08. The van der Waals surface area contributed by atoms with Gasteiger partial charge in [-0.1, -0.05) is 40.4 Å². The van der Waals surface area contributed by atoms with Gasteiger partial charge >= 0.3 is 0 Å². The van der Waals surface area contributed by atoms with Crippen LogP contribution in [0.2, 0.25) is 5.02 Å². The summed E-state index contributed by atoms with van der Waals surface area (Å²) in [6.45, 7) is 1.92. The highest BCUT2D eigenvalue weighted by molar-refractivity contribution is 9.10. The molecule has 1 aliphatic carbocycles. The van der Waals surface area contributed by atoms with Crippen LogP contribution in [0.1, 0.15) is 36.5 Å². The van der Waals surface area contributed by atoms with Crippen molar-refractivity contribution in [3.8, 4) is 0 Å². The number of amides is 1. The molecule has 1 saturated carbocycles. The summed E-state index contributed by atoms with van der Waals surface area (Å²) in [6.07, 6.45) is 3.32. The maximum absolute atomic E-state index is 12.3. The van der Waals surface area contributed by atoms with E-state index in [-0.39, 0.29) is 21.5 Å². The van der Waals surface area contributed by atoms with E-state index in [1.165, 1.54) is 25.0 Å². The van der Waals surface area contributed by atoms with Gasteiger partial charge in [0.2, 0.25) is 0 Å². The van der Waals surface area contributed by atoms with Gasteiger partial charge in [-0.2, -0.15) is 0 Å². The maximum Gasteiger partial charge on any atom is 0.262 e. The summed E-state index contributed by atoms with van der Waals surface area (Å²) in [6, 6.07) is 2.76. The molecule has 1 N–H and O–H groups in total. The van der Waals surface area contributed by atoms with Crippen LogP contribution in [0.15, 0.2) is 21.5 Å². The van der Waals surface area contributed by atoms with E-state index in [2.05, 4.69) is 21.2 Å². The molecule has 0 bridgehead atoms. The topological polar surface area (TPSA) is 63.2 Å². The number of benzene rings is 1. The van der Waals surface area contributed by atoms with E-state index in [0.29, 0.717) is 10.4 Å². The second-order valence-electron chi connectivity index (χ2n) is 5.26. The van der Waals surface area contributed by atoms with Crippen molar-refractivity contribution in [3.63, 3.8) is 0 Å². The van der Waals surface area contributed by atoms with E-state index in [1.54, 1.807) is 0 Å². The van der Waals surface area contributed by atoms with Crippen LogP contribution in [0.5, 0.6) is 0 Å². The zero-order valence-corrected chi connectivity index (χ0v) is 15.1. The summed E-state index contributed by atoms with van der Waals surface area (Å²) >= 11 is 9.18. The number of carbonyl (C=O) groups is 1. The molecule has 1 aromatic carbocycles. The minimum Gasteiger partial charge on any atom is -0.350 e. The largest absolute Gasteiger partial charge is 0.350 e. The zero-order valence-electron chi connectivity index (χ0n) is 11.2. The Hall–Kier alpha value is -0.300. The Morgan fingerprint density at radius 2 is 2.10 bits per heavy atom. The number of rotatable bonds is 5. The molecule has 0 heterocycles. The van der Waals surface area contributed by atoms with E-state index in [0.717, 1.165) is 6.42 Å². The van der Waals surface area contributed by atoms with Crippen molar-refractivity contribution in [2.75, 3.05) is 0 Å². The van der Waals surface area contributed by atoms with Crippen molar-refractivity contribution in [2.45, 2.75) is 37.1 Å². The van der Waals surface area contributed by atoms with Gasteiger partial charge in [-0.15, -0.1) is 0 Å². The Balaban J connectivity index is 2.25. The van der Waals surface area contributed by atoms with Gasteiger partial charge in [0.25, 0.3) is 15.0 Å². The Bertz CT molecular complexity index is 674. The maximum atomic E-state index is 12.3. The van der Waals surface area contributed by atoms with Crippen LogP contribution in [-0.2, 0) is 9.05 Å². The molecular weight excluding hydrogens is 401 g/mol. The minimum atomic E-state index is -4.02. The first-order chi connectivity index (χ1) is 9.68. The summed E-state index contributed by atoms with van der Waals surface area (Å²) in [5, 5.41) is 2.67. The minimum absolute atomic E-state index is 0.0103. The fourth-order valence-corrected chi connectivity index (χ4v) is 4.31. The monoisotopic (exact) mass is 413 g/mol. The Morgan fingerprint density at radius 1 is 1.48 bits per heavy atom. The third-order valence-electron chi connectivity index (χ3n) is 3.27. The van der Waals surface area contributed by atoms with Gasteiger partial charge in [-0.3, -0.25) is 4.79 Å². The molecule has 1 fully saturated rings. The van der Waals surface area contributed by atoms with Gasteiger partial charge in [-0.05, 0) is 31.4 Å². The van der Waals surface area contributed by atoms with Gasteiger partial charge in [-0.25, -0.2) is 8.42 Å². The summed E-state index contributed by atoms with van der Waals surface area (Å²) in [7, 11) is 1.31. The molecule has 21 heavy (non-hydrogen) atoms. The molecule has 1 atom stereocenters. The predicted octanol–water partition coefficient (Wildman–Crippen LogP) is 3.95. The van der Waals surface area contributed by atoms with Crippen LogP contribution in [0.25, 0.3) is 0 Å². The lowest BCUT2D eigenvalue weighted by Crippen LogP contribution is -2.33. The SMILES string of the molecule is CC(CC1CC1)NC(=O)c1cc(Br)cc(S(=O)(=O)Cl)c1Cl. The molecule has 0 aliphatic heterocycles. The summed E-state index contributed by atoms with van der Waals surface area (Å²) in [5.74, 6) is 0.271. The summed E-state index contributed by atoms with van der Waals surface area (Å²) < 4.78 is 23.4. The number of hydrogen-bond acceptors (Lipinski definition) is 3. The zero-order chi connectivity index (χ0) is 15.8. The lowest BCUT2D eigenvalue weighted by Gasteiger charge is -2.15. The van der Waals surface area contributed by atoms with Crippen molar-refractivity contribution in [1.29, 1.82) is 0 Å². The highest BCUT2D eigenvalue weighted by Gasteiger charge is 2.26. The fraction of sp³-hybridized carbons (Fsp3) is 0.462. The van der Waals surface area contributed by atoms with Crippen molar-refractivity contribution in [2.24, 2.45) is 5.92 Å². The Labute approximate surface area is 141 Å². The van der Waals surface area contributed by atoms with E-state index in [1.807, 2.05) is 6.92 Å². The first-order valence-corrected chi connectivity index (χ1v) is 9.91. The van der Waals surface area contributed by atoms with Crippen molar-refractivity contribution in [3.05, 3.63) is 27.2 Å². The van der Waals surface area contributed by atoms with Gasteiger partial charge in [0.15, 0.2) is 0 Å². The summed E-state index contributed by atoms with van der Waals surface area (Å²) in [5.41, 5.74) is 0.0907. The highest BCUT2D eigenvalue weighted by atomic mass is 79.9. The van der Waals surface area contributed by atoms with Gasteiger partial charge in [0.05, 0.1) is 10.6 Å². The normalized spacial score (nSPS) is 16.6. The van der Waals surface area contributed by atoms with Crippen LogP contribution < -0.4 is 5.32 Å². The van der Waals surface area contributed by atoms with Crippen LogP contribution >= 0.6 is 38.2 Å². The number of carbonyl (C=O) groups excluding carboxylic acids is 1. The summed E-state index contributed by atoms with van der Waals surface area (Å²) in [4.78, 5) is 12.0. The Kier molecular flexibility index (Phi) is 5.23. The number of nitrogens with one attached hydrogen (secondary N) is 1. The van der Waals surface area contributed by atoms with Crippen molar-refractivity contribution >= 4 is 53.2 Å². The molecule has 1 aliphatic rings. The molecule has 4 nitrogen and oxygen atoms in total. The lowest BCUT2D eigenvalue weighted by atomic mass is 10.1. The van der Waals surface area contributed by atoms with Gasteiger partial charge < -0.3 is 5.32 Å². The highest BCUT2D eigenvalue weighted by Crippen LogP contribution is 2.34. The molecular formula is C13H14BrCl2NO3S.